The summed E-state index contributed by atoms with van der Waals surface area (Å²) in [6.07, 6.45) is 8.10. The van der Waals surface area contributed by atoms with E-state index in [1.165, 1.54) is 25.7 Å². The molecule has 1 saturated carbocycles. The van der Waals surface area contributed by atoms with Gasteiger partial charge in [0.2, 0.25) is 0 Å². The second-order valence-corrected chi connectivity index (χ2v) is 6.89. The highest BCUT2D eigenvalue weighted by atomic mass is 19.2. The highest BCUT2D eigenvalue weighted by Crippen LogP contribution is 2.36. The smallest absolute Gasteiger partial charge is 0.166 e. The average molecular weight is 306 g/mol. The molecule has 0 radical (unpaired) electrons. The number of aryl methyl sites for hydroxylation is 1. The summed E-state index contributed by atoms with van der Waals surface area (Å²) in [5, 5.41) is 0. The minimum Gasteiger partial charge on any atom is -0.373 e. The Labute approximate surface area is 131 Å². The standard InChI is InChI=1S/C19H24F2O/c1-12-3-6-14(7-4-12)17-10-8-15(11-22-17)16-9-5-13(2)18(20)19(16)21/h5,8-9,12,14,17H,3-4,6-7,10-11H2,1-2H3. The van der Waals surface area contributed by atoms with Crippen LogP contribution in [-0.2, 0) is 4.74 Å². The summed E-state index contributed by atoms with van der Waals surface area (Å²) in [4.78, 5) is 0. The van der Waals surface area contributed by atoms with Crippen molar-refractivity contribution in [3.05, 3.63) is 41.0 Å². The Balaban J connectivity index is 1.70. The van der Waals surface area contributed by atoms with Crippen LogP contribution in [0.4, 0.5) is 8.78 Å². The third kappa shape index (κ3) is 3.10. The van der Waals surface area contributed by atoms with Crippen LogP contribution in [0.2, 0.25) is 0 Å². The van der Waals surface area contributed by atoms with Gasteiger partial charge in [-0.1, -0.05) is 38.0 Å². The Morgan fingerprint density at radius 1 is 1.05 bits per heavy atom. The Morgan fingerprint density at radius 2 is 1.77 bits per heavy atom. The topological polar surface area (TPSA) is 9.23 Å². The molecule has 120 valence electrons. The molecule has 1 aromatic carbocycles. The normalized spacial score (nSPS) is 29.3. The van der Waals surface area contributed by atoms with E-state index in [0.717, 1.165) is 17.9 Å². The molecule has 1 nitrogen and oxygen atoms in total. The van der Waals surface area contributed by atoms with Crippen molar-refractivity contribution < 1.29 is 13.5 Å². The van der Waals surface area contributed by atoms with Gasteiger partial charge in [0.25, 0.3) is 0 Å². The van der Waals surface area contributed by atoms with E-state index in [2.05, 4.69) is 6.92 Å². The van der Waals surface area contributed by atoms with Crippen molar-refractivity contribution in [3.8, 4) is 0 Å². The van der Waals surface area contributed by atoms with Gasteiger partial charge in [0, 0.05) is 5.56 Å². The first kappa shape index (κ1) is 15.7. The SMILES string of the molecule is Cc1ccc(C2=CCC(C3CCC(C)CC3)OC2)c(F)c1F. The Morgan fingerprint density at radius 3 is 2.41 bits per heavy atom. The quantitative estimate of drug-likeness (QED) is 0.723. The number of benzene rings is 1. The number of ether oxygens (including phenoxy) is 1. The highest BCUT2D eigenvalue weighted by Gasteiger charge is 2.29. The summed E-state index contributed by atoms with van der Waals surface area (Å²) in [6.45, 7) is 4.27. The van der Waals surface area contributed by atoms with E-state index in [1.807, 2.05) is 6.08 Å². The van der Waals surface area contributed by atoms with Crippen LogP contribution in [0.5, 0.6) is 0 Å². The van der Waals surface area contributed by atoms with Crippen LogP contribution < -0.4 is 0 Å². The third-order valence-corrected chi connectivity index (χ3v) is 5.26. The molecule has 1 aliphatic carbocycles. The monoisotopic (exact) mass is 306 g/mol. The molecule has 0 N–H and O–H groups in total. The Hall–Kier alpha value is -1.22. The molecule has 3 rings (SSSR count). The van der Waals surface area contributed by atoms with Gasteiger partial charge in [-0.25, -0.2) is 8.78 Å². The number of hydrogen-bond donors (Lipinski definition) is 0. The van der Waals surface area contributed by atoms with Gasteiger partial charge in [-0.05, 0) is 49.2 Å². The van der Waals surface area contributed by atoms with Gasteiger partial charge < -0.3 is 4.74 Å². The fraction of sp³-hybridized carbons (Fsp3) is 0.579. The molecule has 0 saturated heterocycles. The van der Waals surface area contributed by atoms with E-state index in [1.54, 1.807) is 19.1 Å². The molecular weight excluding hydrogens is 282 g/mol. The fourth-order valence-corrected chi connectivity index (χ4v) is 3.65. The Bertz CT molecular complexity index is 571. The van der Waals surface area contributed by atoms with Crippen molar-refractivity contribution in [2.24, 2.45) is 11.8 Å². The maximum absolute atomic E-state index is 14.1. The molecule has 22 heavy (non-hydrogen) atoms. The number of hydrogen-bond acceptors (Lipinski definition) is 1. The van der Waals surface area contributed by atoms with Crippen molar-refractivity contribution in [2.45, 2.75) is 52.1 Å². The van der Waals surface area contributed by atoms with Gasteiger partial charge in [0.05, 0.1) is 12.7 Å². The zero-order chi connectivity index (χ0) is 15.7. The molecule has 1 atom stereocenters. The second kappa shape index (κ2) is 6.49. The van der Waals surface area contributed by atoms with Crippen molar-refractivity contribution >= 4 is 5.57 Å². The summed E-state index contributed by atoms with van der Waals surface area (Å²) in [6, 6.07) is 3.29. The second-order valence-electron chi connectivity index (χ2n) is 6.89. The molecule has 3 heteroatoms. The predicted octanol–water partition coefficient (Wildman–Crippen LogP) is 5.27. The summed E-state index contributed by atoms with van der Waals surface area (Å²) < 4.78 is 33.8. The number of rotatable bonds is 2. The van der Waals surface area contributed by atoms with Crippen LogP contribution in [-0.4, -0.2) is 12.7 Å². The minimum absolute atomic E-state index is 0.245. The molecule has 0 amide bonds. The maximum atomic E-state index is 14.1. The van der Waals surface area contributed by atoms with Gasteiger partial charge in [0.15, 0.2) is 11.6 Å². The predicted molar refractivity (Wildman–Crippen MR) is 84.6 cm³/mol. The lowest BCUT2D eigenvalue weighted by Gasteiger charge is -2.34. The number of halogens is 2. The molecule has 1 aliphatic heterocycles. The molecule has 1 aromatic rings. The zero-order valence-corrected chi connectivity index (χ0v) is 13.4. The van der Waals surface area contributed by atoms with E-state index < -0.39 is 11.6 Å². The van der Waals surface area contributed by atoms with Gasteiger partial charge in [0.1, 0.15) is 0 Å². The molecular formula is C19H24F2O. The molecule has 0 spiro atoms. The van der Waals surface area contributed by atoms with Crippen LogP contribution in [0.3, 0.4) is 0 Å². The van der Waals surface area contributed by atoms with Crippen LogP contribution >= 0.6 is 0 Å². The van der Waals surface area contributed by atoms with Crippen LogP contribution in [0, 0.1) is 30.4 Å². The van der Waals surface area contributed by atoms with E-state index >= 15 is 0 Å². The van der Waals surface area contributed by atoms with Crippen LogP contribution in [0.25, 0.3) is 5.57 Å². The lowest BCUT2D eigenvalue weighted by Crippen LogP contribution is -2.30. The van der Waals surface area contributed by atoms with Crippen molar-refractivity contribution in [2.75, 3.05) is 6.61 Å². The maximum Gasteiger partial charge on any atom is 0.166 e. The van der Waals surface area contributed by atoms with E-state index in [9.17, 15) is 8.78 Å². The molecule has 2 aliphatic rings. The zero-order valence-electron chi connectivity index (χ0n) is 13.4. The lowest BCUT2D eigenvalue weighted by molar-refractivity contribution is 0.0101. The molecule has 1 heterocycles. The van der Waals surface area contributed by atoms with Gasteiger partial charge in [-0.2, -0.15) is 0 Å². The summed E-state index contributed by atoms with van der Waals surface area (Å²) >= 11 is 0. The van der Waals surface area contributed by atoms with Crippen LogP contribution in [0.15, 0.2) is 18.2 Å². The van der Waals surface area contributed by atoms with E-state index in [4.69, 9.17) is 4.74 Å². The summed E-state index contributed by atoms with van der Waals surface area (Å²) in [5.74, 6) is -0.0502. The van der Waals surface area contributed by atoms with Gasteiger partial charge >= 0.3 is 0 Å². The van der Waals surface area contributed by atoms with Crippen molar-refractivity contribution in [1.82, 2.24) is 0 Å². The third-order valence-electron chi connectivity index (χ3n) is 5.26. The van der Waals surface area contributed by atoms with Gasteiger partial charge in [-0.15, -0.1) is 0 Å². The summed E-state index contributed by atoms with van der Waals surface area (Å²) in [5.41, 5.74) is 1.46. The van der Waals surface area contributed by atoms with Crippen molar-refractivity contribution in [3.63, 3.8) is 0 Å². The first-order valence-corrected chi connectivity index (χ1v) is 8.32. The molecule has 1 fully saturated rings. The average Bonchev–Trinajstić information content (AvgIpc) is 2.54. The van der Waals surface area contributed by atoms with Crippen LogP contribution in [0.1, 0.15) is 50.2 Å². The van der Waals surface area contributed by atoms with E-state index in [0.29, 0.717) is 23.7 Å². The van der Waals surface area contributed by atoms with Crippen molar-refractivity contribution in [1.29, 1.82) is 0 Å². The Kier molecular flexibility index (Phi) is 4.62. The fourth-order valence-electron chi connectivity index (χ4n) is 3.65. The first-order chi connectivity index (χ1) is 10.6. The molecule has 0 bridgehead atoms. The highest BCUT2D eigenvalue weighted by molar-refractivity contribution is 5.67. The lowest BCUT2D eigenvalue weighted by atomic mass is 9.79. The largest absolute Gasteiger partial charge is 0.373 e. The minimum atomic E-state index is -0.750. The molecule has 0 aromatic heterocycles. The summed E-state index contributed by atoms with van der Waals surface area (Å²) in [7, 11) is 0. The van der Waals surface area contributed by atoms with Gasteiger partial charge in [-0.3, -0.25) is 0 Å². The van der Waals surface area contributed by atoms with E-state index in [-0.39, 0.29) is 6.10 Å². The first-order valence-electron chi connectivity index (χ1n) is 8.32. The molecule has 1 unspecified atom stereocenters.